The Morgan fingerprint density at radius 2 is 1.64 bits per heavy atom. The van der Waals surface area contributed by atoms with Crippen molar-refractivity contribution in [2.45, 2.75) is 16.7 Å². The molecule has 0 unspecified atom stereocenters. The minimum absolute atomic E-state index is 0.0942. The van der Waals surface area contributed by atoms with E-state index in [9.17, 15) is 13.2 Å². The summed E-state index contributed by atoms with van der Waals surface area (Å²) < 4.78 is 27.7. The molecule has 28 heavy (non-hydrogen) atoms. The zero-order valence-electron chi connectivity index (χ0n) is 15.5. The molecule has 0 heterocycles. The Balaban J connectivity index is 1.75. The average Bonchev–Trinajstić information content (AvgIpc) is 2.70. The lowest BCUT2D eigenvalue weighted by atomic mass is 10.2. The van der Waals surface area contributed by atoms with Crippen LogP contribution in [0.3, 0.4) is 0 Å². The van der Waals surface area contributed by atoms with Gasteiger partial charge in [0, 0.05) is 16.1 Å². The molecule has 0 aliphatic heterocycles. The molecular formula is C21H20N2O3S2. The molecule has 0 saturated heterocycles. The molecule has 0 saturated carbocycles. The molecule has 1 amide bonds. The molecule has 0 aliphatic rings. The fourth-order valence-corrected chi connectivity index (χ4v) is 4.17. The fourth-order valence-electron chi connectivity index (χ4n) is 2.58. The molecule has 0 bridgehead atoms. The molecule has 0 aliphatic carbocycles. The number of nitrogens with one attached hydrogen (secondary N) is 2. The number of anilines is 2. The number of carbonyl (C=O) groups is 1. The third-order valence-electron chi connectivity index (χ3n) is 4.14. The van der Waals surface area contributed by atoms with Gasteiger partial charge in [0.05, 0.1) is 10.6 Å². The van der Waals surface area contributed by atoms with E-state index in [0.29, 0.717) is 16.9 Å². The molecular weight excluding hydrogens is 392 g/mol. The van der Waals surface area contributed by atoms with Gasteiger partial charge in [0.2, 0.25) is 0 Å². The normalized spacial score (nSPS) is 11.1. The van der Waals surface area contributed by atoms with Crippen molar-refractivity contribution in [3.63, 3.8) is 0 Å². The number of hydrogen-bond donors (Lipinski definition) is 2. The van der Waals surface area contributed by atoms with Crippen molar-refractivity contribution in [1.29, 1.82) is 0 Å². The Hall–Kier alpha value is -2.77. The van der Waals surface area contributed by atoms with Gasteiger partial charge < -0.3 is 5.32 Å². The maximum absolute atomic E-state index is 12.6. The van der Waals surface area contributed by atoms with Gasteiger partial charge in [-0.25, -0.2) is 8.42 Å². The molecule has 5 nitrogen and oxygen atoms in total. The maximum atomic E-state index is 12.6. The van der Waals surface area contributed by atoms with E-state index in [1.54, 1.807) is 23.9 Å². The summed E-state index contributed by atoms with van der Waals surface area (Å²) in [6, 6.07) is 20.5. The van der Waals surface area contributed by atoms with Crippen molar-refractivity contribution in [3.8, 4) is 0 Å². The van der Waals surface area contributed by atoms with E-state index in [4.69, 9.17) is 0 Å². The molecule has 2 N–H and O–H groups in total. The van der Waals surface area contributed by atoms with Crippen LogP contribution in [0.25, 0.3) is 0 Å². The van der Waals surface area contributed by atoms with Crippen molar-refractivity contribution >= 4 is 39.1 Å². The topological polar surface area (TPSA) is 75.3 Å². The van der Waals surface area contributed by atoms with Crippen LogP contribution in [0.15, 0.2) is 82.6 Å². The number of hydrogen-bond acceptors (Lipinski definition) is 4. The van der Waals surface area contributed by atoms with Gasteiger partial charge in [0.25, 0.3) is 15.9 Å². The Morgan fingerprint density at radius 1 is 0.929 bits per heavy atom. The second-order valence-electron chi connectivity index (χ2n) is 6.13. The third-order valence-corrected chi connectivity index (χ3v) is 6.25. The van der Waals surface area contributed by atoms with Crippen LogP contribution in [0.4, 0.5) is 11.4 Å². The first-order valence-corrected chi connectivity index (χ1v) is 11.2. The van der Waals surface area contributed by atoms with Crippen LogP contribution in [-0.4, -0.2) is 20.6 Å². The van der Waals surface area contributed by atoms with Gasteiger partial charge in [-0.05, 0) is 67.3 Å². The lowest BCUT2D eigenvalue weighted by Crippen LogP contribution is -2.15. The highest BCUT2D eigenvalue weighted by Crippen LogP contribution is 2.21. The summed E-state index contributed by atoms with van der Waals surface area (Å²) >= 11 is 1.59. The van der Waals surface area contributed by atoms with Gasteiger partial charge in [-0.1, -0.05) is 24.3 Å². The summed E-state index contributed by atoms with van der Waals surface area (Å²) in [4.78, 5) is 13.6. The number of carbonyl (C=O) groups excluding carboxylic acids is 1. The van der Waals surface area contributed by atoms with Crippen LogP contribution >= 0.6 is 11.8 Å². The first kappa shape index (κ1) is 20.0. The summed E-state index contributed by atoms with van der Waals surface area (Å²) in [5.41, 5.74) is 2.42. The summed E-state index contributed by atoms with van der Waals surface area (Å²) in [6.45, 7) is 1.83. The van der Waals surface area contributed by atoms with Gasteiger partial charge in [0.15, 0.2) is 0 Å². The Bertz CT molecular complexity index is 1090. The molecule has 144 valence electrons. The average molecular weight is 413 g/mol. The highest BCUT2D eigenvalue weighted by Gasteiger charge is 2.16. The van der Waals surface area contributed by atoms with Crippen LogP contribution in [0.1, 0.15) is 15.9 Å². The van der Waals surface area contributed by atoms with Gasteiger partial charge in [-0.3, -0.25) is 9.52 Å². The minimum Gasteiger partial charge on any atom is -0.322 e. The van der Waals surface area contributed by atoms with E-state index < -0.39 is 10.0 Å². The number of aryl methyl sites for hydroxylation is 1. The molecule has 7 heteroatoms. The molecule has 0 aromatic heterocycles. The lowest BCUT2D eigenvalue weighted by molar-refractivity contribution is 0.102. The first-order chi connectivity index (χ1) is 13.4. The fraction of sp³-hybridized carbons (Fsp3) is 0.0952. The summed E-state index contributed by atoms with van der Waals surface area (Å²) in [5.74, 6) is -0.297. The SMILES string of the molecule is CSc1cccc(NC(=O)c2ccc(S(=O)(=O)Nc3ccccc3C)cc2)c1. The van der Waals surface area contributed by atoms with Crippen molar-refractivity contribution in [1.82, 2.24) is 0 Å². The highest BCUT2D eigenvalue weighted by atomic mass is 32.2. The van der Waals surface area contributed by atoms with E-state index in [2.05, 4.69) is 10.0 Å². The summed E-state index contributed by atoms with van der Waals surface area (Å²) in [5, 5.41) is 2.82. The second kappa shape index (κ2) is 8.50. The van der Waals surface area contributed by atoms with Crippen molar-refractivity contribution in [2.75, 3.05) is 16.3 Å². The predicted molar refractivity (Wildman–Crippen MR) is 115 cm³/mol. The van der Waals surface area contributed by atoms with E-state index in [0.717, 1.165) is 10.5 Å². The number of rotatable bonds is 6. The number of sulfonamides is 1. The van der Waals surface area contributed by atoms with Gasteiger partial charge in [-0.2, -0.15) is 0 Å². The Kier molecular flexibility index (Phi) is 6.06. The minimum atomic E-state index is -3.73. The Labute approximate surface area is 169 Å². The predicted octanol–water partition coefficient (Wildman–Crippen LogP) is 4.77. The van der Waals surface area contributed by atoms with Crippen LogP contribution in [-0.2, 0) is 10.0 Å². The highest BCUT2D eigenvalue weighted by molar-refractivity contribution is 7.98. The zero-order chi connectivity index (χ0) is 20.1. The standard InChI is InChI=1S/C21H20N2O3S2/c1-15-6-3-4-9-20(15)23-28(25,26)19-12-10-16(11-13-19)21(24)22-17-7-5-8-18(14-17)27-2/h3-14,23H,1-2H3,(H,22,24). The second-order valence-corrected chi connectivity index (χ2v) is 8.69. The van der Waals surface area contributed by atoms with Gasteiger partial charge in [0.1, 0.15) is 0 Å². The zero-order valence-corrected chi connectivity index (χ0v) is 17.1. The van der Waals surface area contributed by atoms with Crippen LogP contribution < -0.4 is 10.0 Å². The van der Waals surface area contributed by atoms with Crippen molar-refractivity contribution in [2.24, 2.45) is 0 Å². The number of thioether (sulfide) groups is 1. The molecule has 0 atom stereocenters. The maximum Gasteiger partial charge on any atom is 0.261 e. The molecule has 3 rings (SSSR count). The van der Waals surface area contributed by atoms with E-state index in [-0.39, 0.29) is 10.8 Å². The number of benzene rings is 3. The quantitative estimate of drug-likeness (QED) is 0.572. The molecule has 3 aromatic rings. The Morgan fingerprint density at radius 3 is 2.32 bits per heavy atom. The van der Waals surface area contributed by atoms with E-state index in [1.807, 2.05) is 49.6 Å². The van der Waals surface area contributed by atoms with Gasteiger partial charge >= 0.3 is 0 Å². The van der Waals surface area contributed by atoms with Crippen LogP contribution in [0.2, 0.25) is 0 Å². The number of para-hydroxylation sites is 1. The molecule has 0 fully saturated rings. The monoisotopic (exact) mass is 412 g/mol. The van der Waals surface area contributed by atoms with Gasteiger partial charge in [-0.15, -0.1) is 11.8 Å². The van der Waals surface area contributed by atoms with Crippen molar-refractivity contribution in [3.05, 3.63) is 83.9 Å². The van der Waals surface area contributed by atoms with E-state index in [1.165, 1.54) is 24.3 Å². The third kappa shape index (κ3) is 4.74. The summed E-state index contributed by atoms with van der Waals surface area (Å²) in [6.07, 6.45) is 1.96. The van der Waals surface area contributed by atoms with Crippen molar-refractivity contribution < 1.29 is 13.2 Å². The van der Waals surface area contributed by atoms with E-state index >= 15 is 0 Å². The largest absolute Gasteiger partial charge is 0.322 e. The smallest absolute Gasteiger partial charge is 0.261 e. The molecule has 0 radical (unpaired) electrons. The summed E-state index contributed by atoms with van der Waals surface area (Å²) in [7, 11) is -3.73. The lowest BCUT2D eigenvalue weighted by Gasteiger charge is -2.11. The van der Waals surface area contributed by atoms with Crippen LogP contribution in [0.5, 0.6) is 0 Å². The molecule has 0 spiro atoms. The first-order valence-electron chi connectivity index (χ1n) is 8.53. The van der Waals surface area contributed by atoms with Crippen LogP contribution in [0, 0.1) is 6.92 Å². The molecule has 3 aromatic carbocycles. The number of amides is 1.